The Labute approximate surface area is 104 Å². The number of aliphatic hydroxyl groups is 1. The normalized spacial score (nSPS) is 9.20. The van der Waals surface area contributed by atoms with Gasteiger partial charge in [0.1, 0.15) is 12.4 Å². The van der Waals surface area contributed by atoms with Gasteiger partial charge in [0.25, 0.3) is 0 Å². The van der Waals surface area contributed by atoms with Gasteiger partial charge in [-0.2, -0.15) is 0 Å². The molecule has 0 saturated carbocycles. The third-order valence-corrected chi connectivity index (χ3v) is 1.73. The molecule has 0 aromatic heterocycles. The van der Waals surface area contributed by atoms with E-state index in [0.717, 1.165) is 0 Å². The minimum Gasteiger partial charge on any atom is -0.496 e. The van der Waals surface area contributed by atoms with Crippen LogP contribution in [0.15, 0.2) is 24.3 Å². The Morgan fingerprint density at radius 1 is 1.33 bits per heavy atom. The van der Waals surface area contributed by atoms with Crippen molar-refractivity contribution in [3.05, 3.63) is 36.8 Å². The predicted molar refractivity (Wildman–Crippen MR) is 53.3 cm³/mol. The third-order valence-electron chi connectivity index (χ3n) is 1.73. The van der Waals surface area contributed by atoms with E-state index in [-0.39, 0.29) is 26.8 Å². The van der Waals surface area contributed by atoms with E-state index in [2.05, 4.69) is 6.92 Å². The molecule has 1 rings (SSSR count). The molecule has 0 saturated heterocycles. The van der Waals surface area contributed by atoms with Crippen LogP contribution in [0.2, 0.25) is 0 Å². The SMILES string of the molecule is [CH2-]CCOc1ccc(C(=O)CO)cc1.[Mo]. The first-order valence-corrected chi connectivity index (χ1v) is 4.44. The smallest absolute Gasteiger partial charge is 0.188 e. The van der Waals surface area contributed by atoms with Gasteiger partial charge >= 0.3 is 0 Å². The van der Waals surface area contributed by atoms with Crippen molar-refractivity contribution in [2.75, 3.05) is 13.2 Å². The number of Topliss-reactive ketones (excluding diaryl/α,β-unsaturated/α-hetero) is 1. The molecular weight excluding hydrogens is 276 g/mol. The first-order valence-electron chi connectivity index (χ1n) is 4.44. The molecule has 0 radical (unpaired) electrons. The summed E-state index contributed by atoms with van der Waals surface area (Å²) in [4.78, 5) is 11.0. The molecule has 0 atom stereocenters. The van der Waals surface area contributed by atoms with Crippen molar-refractivity contribution in [1.29, 1.82) is 0 Å². The van der Waals surface area contributed by atoms with Crippen molar-refractivity contribution in [1.82, 2.24) is 0 Å². The second-order valence-electron chi connectivity index (χ2n) is 2.81. The number of ether oxygens (including phenoxy) is 1. The first kappa shape index (κ1) is 14.3. The molecule has 0 amide bonds. The molecule has 0 spiro atoms. The molecule has 0 aliphatic rings. The summed E-state index contributed by atoms with van der Waals surface area (Å²) in [5.41, 5.74) is 0.495. The average molecular weight is 289 g/mol. The monoisotopic (exact) mass is 291 g/mol. The Bertz CT molecular complexity index is 295. The van der Waals surface area contributed by atoms with E-state index in [1.54, 1.807) is 24.3 Å². The van der Waals surface area contributed by atoms with Gasteiger partial charge in [0, 0.05) is 26.6 Å². The summed E-state index contributed by atoms with van der Waals surface area (Å²) in [5.74, 6) is 0.428. The van der Waals surface area contributed by atoms with Gasteiger partial charge in [-0.25, -0.2) is 0 Å². The van der Waals surface area contributed by atoms with E-state index >= 15 is 0 Å². The molecule has 1 aromatic rings. The molecule has 0 fully saturated rings. The Morgan fingerprint density at radius 3 is 2.40 bits per heavy atom. The topological polar surface area (TPSA) is 46.5 Å². The van der Waals surface area contributed by atoms with Crippen molar-refractivity contribution < 1.29 is 35.7 Å². The third kappa shape index (κ3) is 4.59. The molecule has 15 heavy (non-hydrogen) atoms. The van der Waals surface area contributed by atoms with Crippen molar-refractivity contribution in [3.63, 3.8) is 0 Å². The number of hydrogen-bond donors (Lipinski definition) is 1. The molecule has 0 aliphatic heterocycles. The van der Waals surface area contributed by atoms with Gasteiger partial charge in [0.2, 0.25) is 0 Å². The van der Waals surface area contributed by atoms with E-state index in [0.29, 0.717) is 24.3 Å². The predicted octanol–water partition coefficient (Wildman–Crippen LogP) is 1.46. The van der Waals surface area contributed by atoms with Gasteiger partial charge in [0.05, 0.1) is 6.61 Å². The molecule has 0 bridgehead atoms. The Morgan fingerprint density at radius 2 is 1.93 bits per heavy atom. The van der Waals surface area contributed by atoms with Gasteiger partial charge in [-0.3, -0.25) is 4.79 Å². The van der Waals surface area contributed by atoms with Crippen LogP contribution in [0.25, 0.3) is 0 Å². The van der Waals surface area contributed by atoms with Crippen LogP contribution in [0, 0.1) is 6.92 Å². The van der Waals surface area contributed by atoms with Crippen LogP contribution in [-0.2, 0) is 21.1 Å². The number of carbonyl (C=O) groups is 1. The minimum absolute atomic E-state index is 0. The van der Waals surface area contributed by atoms with E-state index in [1.807, 2.05) is 0 Å². The maximum atomic E-state index is 11.0. The summed E-state index contributed by atoms with van der Waals surface area (Å²) in [6, 6.07) is 6.69. The Kier molecular flexibility index (Phi) is 7.27. The van der Waals surface area contributed by atoms with Crippen LogP contribution in [0.4, 0.5) is 0 Å². The fourth-order valence-electron chi connectivity index (χ4n) is 1.02. The number of carbonyl (C=O) groups excluding carboxylic acids is 1. The van der Waals surface area contributed by atoms with E-state index in [1.165, 1.54) is 0 Å². The van der Waals surface area contributed by atoms with Gasteiger partial charge in [-0.05, 0) is 24.3 Å². The van der Waals surface area contributed by atoms with Gasteiger partial charge in [-0.1, -0.05) is 0 Å². The number of hydrogen-bond acceptors (Lipinski definition) is 3. The van der Waals surface area contributed by atoms with Crippen molar-refractivity contribution in [3.8, 4) is 5.75 Å². The molecule has 1 aromatic carbocycles. The minimum atomic E-state index is -0.459. The molecule has 1 N–H and O–H groups in total. The van der Waals surface area contributed by atoms with Crippen molar-refractivity contribution in [2.45, 2.75) is 6.42 Å². The molecule has 3 nitrogen and oxygen atoms in total. The summed E-state index contributed by atoms with van der Waals surface area (Å²) < 4.78 is 5.29. The van der Waals surface area contributed by atoms with Gasteiger partial charge in [0.15, 0.2) is 5.78 Å². The van der Waals surface area contributed by atoms with Crippen LogP contribution >= 0.6 is 0 Å². The molecular formula is C11H13MoO3-. The molecule has 0 heterocycles. The summed E-state index contributed by atoms with van der Waals surface area (Å²) in [6.07, 6.45) is 0.706. The molecule has 82 valence electrons. The second kappa shape index (κ2) is 7.61. The summed E-state index contributed by atoms with van der Waals surface area (Å²) in [6.45, 7) is 3.75. The van der Waals surface area contributed by atoms with Gasteiger partial charge < -0.3 is 16.8 Å². The van der Waals surface area contributed by atoms with Gasteiger partial charge in [-0.15, -0.1) is 6.42 Å². The number of aliphatic hydroxyl groups excluding tert-OH is 1. The summed E-state index contributed by atoms with van der Waals surface area (Å²) in [7, 11) is 0. The summed E-state index contributed by atoms with van der Waals surface area (Å²) in [5, 5.41) is 8.61. The second-order valence-corrected chi connectivity index (χ2v) is 2.81. The van der Waals surface area contributed by atoms with E-state index in [9.17, 15) is 4.79 Å². The maximum Gasteiger partial charge on any atom is 0.188 e. The van der Waals surface area contributed by atoms with E-state index in [4.69, 9.17) is 9.84 Å². The fourth-order valence-corrected chi connectivity index (χ4v) is 1.02. The van der Waals surface area contributed by atoms with Crippen molar-refractivity contribution >= 4 is 5.78 Å². The average Bonchev–Trinajstić information content (AvgIpc) is 2.26. The van der Waals surface area contributed by atoms with Crippen LogP contribution < -0.4 is 4.74 Å². The van der Waals surface area contributed by atoms with Crippen LogP contribution in [0.5, 0.6) is 5.75 Å². The quantitative estimate of drug-likeness (QED) is 0.507. The zero-order valence-corrected chi connectivity index (χ0v) is 10.3. The van der Waals surface area contributed by atoms with Crippen LogP contribution in [0.3, 0.4) is 0 Å². The van der Waals surface area contributed by atoms with E-state index < -0.39 is 6.61 Å². The molecule has 4 heteroatoms. The Hall–Kier alpha value is -0.662. The standard InChI is InChI=1S/C11H13O3.Mo/c1-2-7-14-10-5-3-9(4-6-10)11(13)8-12;/h3-6,12H,1-2,7-8H2;/q-1;. The maximum absolute atomic E-state index is 11.0. The van der Waals surface area contributed by atoms with Crippen molar-refractivity contribution in [2.24, 2.45) is 0 Å². The van der Waals surface area contributed by atoms with Crippen LogP contribution in [-0.4, -0.2) is 24.1 Å². The zero-order chi connectivity index (χ0) is 10.4. The number of benzene rings is 1. The number of ketones is 1. The summed E-state index contributed by atoms with van der Waals surface area (Å²) >= 11 is 0. The molecule has 0 aliphatic carbocycles. The largest absolute Gasteiger partial charge is 0.496 e. The fraction of sp³-hybridized carbons (Fsp3) is 0.273. The Balaban J connectivity index is 0.00000196. The number of rotatable bonds is 5. The first-order chi connectivity index (χ1) is 6.77. The van der Waals surface area contributed by atoms with Crippen LogP contribution in [0.1, 0.15) is 16.8 Å². The molecule has 0 unspecified atom stereocenters. The zero-order valence-electron chi connectivity index (χ0n) is 8.31.